The normalized spacial score (nSPS) is 11.5. The summed E-state index contributed by atoms with van der Waals surface area (Å²) in [6.07, 6.45) is -4.61. The third kappa shape index (κ3) is 4.56. The first-order chi connectivity index (χ1) is 15.2. The van der Waals surface area contributed by atoms with Crippen molar-refractivity contribution in [2.24, 2.45) is 0 Å². The molecular weight excluding hydrogens is 459 g/mol. The minimum Gasteiger partial charge on any atom is -0.337 e. The molecule has 4 nitrogen and oxygen atoms in total. The molecule has 4 rings (SSSR count). The van der Waals surface area contributed by atoms with E-state index in [2.05, 4.69) is 5.10 Å². The Labute approximate surface area is 191 Å². The summed E-state index contributed by atoms with van der Waals surface area (Å²) < 4.78 is 41.3. The maximum Gasteiger partial charge on any atom is 0.435 e. The summed E-state index contributed by atoms with van der Waals surface area (Å²) in [5.74, 6) is -0.180. The third-order valence-electron chi connectivity index (χ3n) is 4.83. The van der Waals surface area contributed by atoms with Gasteiger partial charge in [0.05, 0.1) is 22.9 Å². The summed E-state index contributed by atoms with van der Waals surface area (Å²) in [6, 6.07) is 17.8. The van der Waals surface area contributed by atoms with Crippen molar-refractivity contribution in [3.8, 4) is 16.9 Å². The number of aromatic nitrogens is 2. The van der Waals surface area contributed by atoms with E-state index in [9.17, 15) is 18.0 Å². The fourth-order valence-corrected chi connectivity index (χ4v) is 4.22. The summed E-state index contributed by atoms with van der Waals surface area (Å²) in [5.41, 5.74) is 0.438. The van der Waals surface area contributed by atoms with Crippen molar-refractivity contribution in [1.82, 2.24) is 14.7 Å². The number of carbonyl (C=O) groups excluding carboxylic acids is 1. The molecule has 0 fully saturated rings. The third-order valence-corrected chi connectivity index (χ3v) is 6.01. The number of thiophene rings is 1. The van der Waals surface area contributed by atoms with Crippen LogP contribution in [0.3, 0.4) is 0 Å². The van der Waals surface area contributed by atoms with E-state index in [1.165, 1.54) is 4.68 Å². The van der Waals surface area contributed by atoms with Crippen molar-refractivity contribution in [3.63, 3.8) is 0 Å². The lowest BCUT2D eigenvalue weighted by Gasteiger charge is -2.16. The average Bonchev–Trinajstić information content (AvgIpc) is 3.43. The number of halogens is 4. The molecular formula is C23H17ClF3N3OS. The van der Waals surface area contributed by atoms with Gasteiger partial charge in [0.2, 0.25) is 0 Å². The van der Waals surface area contributed by atoms with Crippen LogP contribution in [0.25, 0.3) is 16.9 Å². The van der Waals surface area contributed by atoms with Gasteiger partial charge in [0.25, 0.3) is 5.91 Å². The number of amides is 1. The molecule has 0 aliphatic carbocycles. The van der Waals surface area contributed by atoms with Crippen LogP contribution in [0.15, 0.2) is 72.1 Å². The first-order valence-electron chi connectivity index (χ1n) is 9.54. The van der Waals surface area contributed by atoms with Gasteiger partial charge in [-0.05, 0) is 41.8 Å². The molecule has 0 bridgehead atoms. The summed E-state index contributed by atoms with van der Waals surface area (Å²) in [6.45, 7) is 0.479. The molecule has 2 aromatic heterocycles. The highest BCUT2D eigenvalue weighted by atomic mass is 35.5. The van der Waals surface area contributed by atoms with Crippen LogP contribution in [0.1, 0.15) is 20.9 Å². The van der Waals surface area contributed by atoms with Gasteiger partial charge in [-0.1, -0.05) is 41.9 Å². The zero-order valence-electron chi connectivity index (χ0n) is 16.8. The first-order valence-corrected chi connectivity index (χ1v) is 10.8. The minimum absolute atomic E-state index is 0.180. The van der Waals surface area contributed by atoms with Gasteiger partial charge in [0.1, 0.15) is 0 Å². The van der Waals surface area contributed by atoms with Crippen LogP contribution < -0.4 is 0 Å². The van der Waals surface area contributed by atoms with Crippen molar-refractivity contribution in [2.45, 2.75) is 12.7 Å². The molecule has 0 radical (unpaired) electrons. The molecule has 0 spiro atoms. The summed E-state index contributed by atoms with van der Waals surface area (Å²) in [5, 5.41) is 5.96. The number of hydrogen-bond donors (Lipinski definition) is 0. The Bertz CT molecular complexity index is 1230. The quantitative estimate of drug-likeness (QED) is 0.328. The Hall–Kier alpha value is -3.10. The van der Waals surface area contributed by atoms with Crippen LogP contribution in [-0.4, -0.2) is 27.6 Å². The van der Waals surface area contributed by atoms with E-state index in [0.717, 1.165) is 10.9 Å². The van der Waals surface area contributed by atoms with Crippen LogP contribution in [0.4, 0.5) is 13.2 Å². The maximum absolute atomic E-state index is 13.4. The highest BCUT2D eigenvalue weighted by Gasteiger charge is 2.35. The Morgan fingerprint density at radius 1 is 1.09 bits per heavy atom. The lowest BCUT2D eigenvalue weighted by atomic mass is 10.1. The van der Waals surface area contributed by atoms with Crippen molar-refractivity contribution >= 4 is 28.8 Å². The molecule has 0 N–H and O–H groups in total. The van der Waals surface area contributed by atoms with Gasteiger partial charge in [0, 0.05) is 23.1 Å². The smallest absolute Gasteiger partial charge is 0.337 e. The van der Waals surface area contributed by atoms with Gasteiger partial charge >= 0.3 is 6.18 Å². The van der Waals surface area contributed by atoms with Gasteiger partial charge in [-0.3, -0.25) is 4.79 Å². The van der Waals surface area contributed by atoms with E-state index in [0.29, 0.717) is 23.4 Å². The maximum atomic E-state index is 13.4. The van der Waals surface area contributed by atoms with Crippen molar-refractivity contribution in [1.29, 1.82) is 0 Å². The lowest BCUT2D eigenvalue weighted by Crippen LogP contribution is -2.25. The molecule has 32 heavy (non-hydrogen) atoms. The van der Waals surface area contributed by atoms with Crippen molar-refractivity contribution < 1.29 is 18.0 Å². The second-order valence-electron chi connectivity index (χ2n) is 7.09. The van der Waals surface area contributed by atoms with E-state index in [1.54, 1.807) is 71.8 Å². The standard InChI is InChI=1S/C23H17ClF3N3OS/c1-29(14-17-5-4-12-32-17)22(31)16-10-8-15(9-11-16)20-13-21(23(25,26)27)28-30(20)19-7-3-2-6-18(19)24/h2-13H,14H2,1H3. The number of alkyl halides is 3. The SMILES string of the molecule is CN(Cc1cccs1)C(=O)c1ccc(-c2cc(C(F)(F)F)nn2-c2ccccc2Cl)cc1. The van der Waals surface area contributed by atoms with E-state index in [-0.39, 0.29) is 16.6 Å². The summed E-state index contributed by atoms with van der Waals surface area (Å²) in [7, 11) is 1.71. The Morgan fingerprint density at radius 3 is 2.44 bits per heavy atom. The topological polar surface area (TPSA) is 38.1 Å². The second-order valence-corrected chi connectivity index (χ2v) is 8.53. The molecule has 0 aliphatic heterocycles. The van der Waals surface area contributed by atoms with Crippen LogP contribution in [0.5, 0.6) is 0 Å². The molecule has 164 valence electrons. The summed E-state index contributed by atoms with van der Waals surface area (Å²) in [4.78, 5) is 15.4. The highest BCUT2D eigenvalue weighted by Crippen LogP contribution is 2.34. The zero-order valence-corrected chi connectivity index (χ0v) is 18.4. The van der Waals surface area contributed by atoms with E-state index < -0.39 is 11.9 Å². The fourth-order valence-electron chi connectivity index (χ4n) is 3.24. The number of benzene rings is 2. The molecule has 0 saturated carbocycles. The van der Waals surface area contributed by atoms with Gasteiger partial charge in [-0.25, -0.2) is 4.68 Å². The van der Waals surface area contributed by atoms with E-state index in [1.807, 2.05) is 17.5 Å². The molecule has 0 unspecified atom stereocenters. The van der Waals surface area contributed by atoms with Gasteiger partial charge in [-0.2, -0.15) is 18.3 Å². The molecule has 4 aromatic rings. The molecule has 0 aliphatic rings. The Kier molecular flexibility index (Phi) is 6.08. The van der Waals surface area contributed by atoms with E-state index in [4.69, 9.17) is 11.6 Å². The number of rotatable bonds is 5. The van der Waals surface area contributed by atoms with Crippen LogP contribution >= 0.6 is 22.9 Å². The molecule has 2 heterocycles. The van der Waals surface area contributed by atoms with Crippen molar-refractivity contribution in [2.75, 3.05) is 7.05 Å². The molecule has 2 aromatic carbocycles. The van der Waals surface area contributed by atoms with Gasteiger partial charge in [0.15, 0.2) is 5.69 Å². The van der Waals surface area contributed by atoms with E-state index >= 15 is 0 Å². The zero-order chi connectivity index (χ0) is 22.9. The van der Waals surface area contributed by atoms with Crippen LogP contribution in [-0.2, 0) is 12.7 Å². The fraction of sp³-hybridized carbons (Fsp3) is 0.130. The number of hydrogen-bond acceptors (Lipinski definition) is 3. The predicted molar refractivity (Wildman–Crippen MR) is 119 cm³/mol. The van der Waals surface area contributed by atoms with Gasteiger partial charge in [-0.15, -0.1) is 11.3 Å². The Balaban J connectivity index is 1.67. The first kappa shape index (κ1) is 22.1. The monoisotopic (exact) mass is 475 g/mol. The number of nitrogens with zero attached hydrogens (tertiary/aromatic N) is 3. The minimum atomic E-state index is -4.61. The number of para-hydroxylation sites is 1. The largest absolute Gasteiger partial charge is 0.435 e. The lowest BCUT2D eigenvalue weighted by molar-refractivity contribution is -0.141. The second kappa shape index (κ2) is 8.80. The predicted octanol–water partition coefficient (Wildman–Crippen LogP) is 6.55. The van der Waals surface area contributed by atoms with Crippen molar-refractivity contribution in [3.05, 3.63) is 93.3 Å². The average molecular weight is 476 g/mol. The van der Waals surface area contributed by atoms with Crippen LogP contribution in [0, 0.1) is 0 Å². The summed E-state index contributed by atoms with van der Waals surface area (Å²) >= 11 is 7.77. The highest BCUT2D eigenvalue weighted by molar-refractivity contribution is 7.09. The molecule has 0 saturated heterocycles. The molecule has 1 amide bonds. The van der Waals surface area contributed by atoms with Gasteiger partial charge < -0.3 is 4.90 Å². The number of carbonyl (C=O) groups is 1. The van der Waals surface area contributed by atoms with Crippen LogP contribution in [0.2, 0.25) is 5.02 Å². The Morgan fingerprint density at radius 2 is 1.81 bits per heavy atom. The molecule has 0 atom stereocenters. The molecule has 9 heteroatoms.